The molecule has 0 bridgehead atoms. The highest BCUT2D eigenvalue weighted by Gasteiger charge is 2.25. The molecule has 0 radical (unpaired) electrons. The van der Waals surface area contributed by atoms with E-state index in [1.807, 2.05) is 11.8 Å². The molecule has 1 aromatic rings. The lowest BCUT2D eigenvalue weighted by Gasteiger charge is -2.36. The highest BCUT2D eigenvalue weighted by molar-refractivity contribution is 8.14. The molecule has 0 aromatic carbocycles. The molecule has 1 aromatic heterocycles. The summed E-state index contributed by atoms with van der Waals surface area (Å²) in [4.78, 5) is 13.4. The molecule has 110 valence electrons. The first-order valence-electron chi connectivity index (χ1n) is 6.94. The van der Waals surface area contributed by atoms with Gasteiger partial charge in [0, 0.05) is 37.6 Å². The van der Waals surface area contributed by atoms with Gasteiger partial charge in [0.1, 0.15) is 11.9 Å². The molecule has 2 aliphatic heterocycles. The molecule has 0 spiro atoms. The van der Waals surface area contributed by atoms with E-state index in [-0.39, 0.29) is 0 Å². The summed E-state index contributed by atoms with van der Waals surface area (Å²) in [6, 6.07) is 3.73. The van der Waals surface area contributed by atoms with Crippen molar-refractivity contribution in [1.29, 1.82) is 5.26 Å². The average Bonchev–Trinajstić information content (AvgIpc) is 2.94. The van der Waals surface area contributed by atoms with Crippen molar-refractivity contribution in [3.05, 3.63) is 22.8 Å². The van der Waals surface area contributed by atoms with E-state index in [4.69, 9.17) is 16.9 Å². The third-order valence-corrected chi connectivity index (χ3v) is 5.02. The standard InChI is InChI=1S/C14H16ClN5S/c1-10-8-18-14(21-10)20-4-2-19(3-5-20)13-12(15)6-11(7-16)9-17-13/h6,9-10H,2-5,8H2,1H3/t10-/m1/s1. The number of nitriles is 1. The summed E-state index contributed by atoms with van der Waals surface area (Å²) in [5.74, 6) is 0.768. The monoisotopic (exact) mass is 321 g/mol. The Hall–Kier alpha value is -1.45. The van der Waals surface area contributed by atoms with Crippen LogP contribution in [-0.4, -0.2) is 53.0 Å². The Balaban J connectivity index is 1.65. The Labute approximate surface area is 133 Å². The van der Waals surface area contributed by atoms with Gasteiger partial charge in [0.15, 0.2) is 5.17 Å². The van der Waals surface area contributed by atoms with E-state index in [9.17, 15) is 0 Å². The Morgan fingerprint density at radius 2 is 2.05 bits per heavy atom. The largest absolute Gasteiger partial charge is 0.352 e. The van der Waals surface area contributed by atoms with Gasteiger partial charge in [-0.05, 0) is 6.07 Å². The van der Waals surface area contributed by atoms with Gasteiger partial charge in [-0.15, -0.1) is 0 Å². The number of thioether (sulfide) groups is 1. The lowest BCUT2D eigenvalue weighted by molar-refractivity contribution is 0.391. The summed E-state index contributed by atoms with van der Waals surface area (Å²) >= 11 is 8.08. The maximum atomic E-state index is 8.86. The second-order valence-electron chi connectivity index (χ2n) is 5.17. The predicted molar refractivity (Wildman–Crippen MR) is 87.1 cm³/mol. The molecule has 7 heteroatoms. The van der Waals surface area contributed by atoms with E-state index in [1.165, 1.54) is 5.17 Å². The van der Waals surface area contributed by atoms with Crippen molar-refractivity contribution >= 4 is 34.3 Å². The molecule has 3 heterocycles. The molecular formula is C14H16ClN5S. The maximum absolute atomic E-state index is 8.86. The third-order valence-electron chi connectivity index (χ3n) is 3.59. The average molecular weight is 322 g/mol. The van der Waals surface area contributed by atoms with Gasteiger partial charge in [-0.3, -0.25) is 4.99 Å². The molecule has 2 aliphatic rings. The molecule has 1 saturated heterocycles. The van der Waals surface area contributed by atoms with Crippen molar-refractivity contribution in [2.45, 2.75) is 12.2 Å². The zero-order chi connectivity index (χ0) is 14.8. The molecule has 3 rings (SSSR count). The third kappa shape index (κ3) is 3.09. The van der Waals surface area contributed by atoms with Crippen LogP contribution in [0.1, 0.15) is 12.5 Å². The Morgan fingerprint density at radius 1 is 1.33 bits per heavy atom. The first kappa shape index (κ1) is 14.5. The number of amidine groups is 1. The number of piperazine rings is 1. The van der Waals surface area contributed by atoms with Crippen molar-refractivity contribution in [1.82, 2.24) is 9.88 Å². The fraction of sp³-hybridized carbons (Fsp3) is 0.500. The zero-order valence-electron chi connectivity index (χ0n) is 11.8. The molecule has 0 amide bonds. The van der Waals surface area contributed by atoms with E-state index in [1.54, 1.807) is 12.3 Å². The quantitative estimate of drug-likeness (QED) is 0.794. The predicted octanol–water partition coefficient (Wildman–Crippen LogP) is 2.22. The van der Waals surface area contributed by atoms with Crippen molar-refractivity contribution in [2.24, 2.45) is 4.99 Å². The Bertz CT molecular complexity index is 604. The molecular weight excluding hydrogens is 306 g/mol. The van der Waals surface area contributed by atoms with Crippen molar-refractivity contribution in [3.63, 3.8) is 0 Å². The zero-order valence-corrected chi connectivity index (χ0v) is 13.4. The lowest BCUT2D eigenvalue weighted by atomic mass is 10.2. The first-order chi connectivity index (χ1) is 10.2. The molecule has 1 atom stereocenters. The van der Waals surface area contributed by atoms with Gasteiger partial charge in [0.05, 0.1) is 17.1 Å². The van der Waals surface area contributed by atoms with Crippen molar-refractivity contribution < 1.29 is 0 Å². The normalized spacial score (nSPS) is 22.1. The summed E-state index contributed by atoms with van der Waals surface area (Å²) in [5, 5.41) is 11.2. The molecule has 0 unspecified atom stereocenters. The van der Waals surface area contributed by atoms with Crippen LogP contribution in [0.5, 0.6) is 0 Å². The fourth-order valence-electron chi connectivity index (χ4n) is 2.47. The van der Waals surface area contributed by atoms with E-state index >= 15 is 0 Å². The summed E-state index contributed by atoms with van der Waals surface area (Å²) in [7, 11) is 0. The number of anilines is 1. The Morgan fingerprint density at radius 3 is 2.62 bits per heavy atom. The number of aromatic nitrogens is 1. The number of hydrogen-bond acceptors (Lipinski definition) is 6. The topological polar surface area (TPSA) is 55.5 Å². The maximum Gasteiger partial charge on any atom is 0.159 e. The van der Waals surface area contributed by atoms with Crippen LogP contribution in [0.25, 0.3) is 0 Å². The van der Waals surface area contributed by atoms with Gasteiger partial charge < -0.3 is 9.80 Å². The van der Waals surface area contributed by atoms with Crippen LogP contribution in [0.15, 0.2) is 17.3 Å². The minimum atomic E-state index is 0.494. The summed E-state index contributed by atoms with van der Waals surface area (Å²) < 4.78 is 0. The molecule has 0 N–H and O–H groups in total. The number of pyridine rings is 1. The Kier molecular flexibility index (Phi) is 4.22. The van der Waals surface area contributed by atoms with Crippen LogP contribution in [0.2, 0.25) is 5.02 Å². The smallest absolute Gasteiger partial charge is 0.159 e. The molecule has 21 heavy (non-hydrogen) atoms. The van der Waals surface area contributed by atoms with Gasteiger partial charge in [-0.25, -0.2) is 4.98 Å². The van der Waals surface area contributed by atoms with Crippen LogP contribution >= 0.6 is 23.4 Å². The number of aliphatic imine (C=N–C) groups is 1. The minimum Gasteiger partial charge on any atom is -0.352 e. The van der Waals surface area contributed by atoms with Gasteiger partial charge in [0.25, 0.3) is 0 Å². The lowest BCUT2D eigenvalue weighted by Crippen LogP contribution is -2.48. The van der Waals surface area contributed by atoms with Crippen LogP contribution < -0.4 is 4.90 Å². The molecule has 1 fully saturated rings. The second kappa shape index (κ2) is 6.12. The van der Waals surface area contributed by atoms with Crippen LogP contribution in [0.4, 0.5) is 5.82 Å². The van der Waals surface area contributed by atoms with E-state index in [0.717, 1.165) is 38.5 Å². The summed E-state index contributed by atoms with van der Waals surface area (Å²) in [6.07, 6.45) is 1.58. The fourth-order valence-corrected chi connectivity index (χ4v) is 3.75. The summed E-state index contributed by atoms with van der Waals surface area (Å²) in [6.45, 7) is 6.72. The number of rotatable bonds is 1. The van der Waals surface area contributed by atoms with Crippen LogP contribution in [-0.2, 0) is 0 Å². The highest BCUT2D eigenvalue weighted by Crippen LogP contribution is 2.27. The van der Waals surface area contributed by atoms with Gasteiger partial charge >= 0.3 is 0 Å². The van der Waals surface area contributed by atoms with Gasteiger partial charge in [-0.1, -0.05) is 30.3 Å². The SMILES string of the molecule is C[C@@H]1CN=C(N2CCN(c3ncc(C#N)cc3Cl)CC2)S1. The first-order valence-corrected chi connectivity index (χ1v) is 8.20. The van der Waals surface area contributed by atoms with E-state index in [2.05, 4.69) is 32.8 Å². The molecule has 0 saturated carbocycles. The van der Waals surface area contributed by atoms with Crippen LogP contribution in [0, 0.1) is 11.3 Å². The molecule has 0 aliphatic carbocycles. The van der Waals surface area contributed by atoms with Crippen molar-refractivity contribution in [2.75, 3.05) is 37.6 Å². The summed E-state index contributed by atoms with van der Waals surface area (Å²) in [5.41, 5.74) is 0.494. The van der Waals surface area contributed by atoms with Gasteiger partial charge in [-0.2, -0.15) is 5.26 Å². The highest BCUT2D eigenvalue weighted by atomic mass is 35.5. The van der Waals surface area contributed by atoms with E-state index in [0.29, 0.717) is 15.8 Å². The second-order valence-corrected chi connectivity index (χ2v) is 6.98. The minimum absolute atomic E-state index is 0.494. The van der Waals surface area contributed by atoms with Crippen LogP contribution in [0.3, 0.4) is 0 Å². The number of halogens is 1. The number of hydrogen-bond donors (Lipinski definition) is 0. The van der Waals surface area contributed by atoms with Crippen molar-refractivity contribution in [3.8, 4) is 6.07 Å². The van der Waals surface area contributed by atoms with Gasteiger partial charge in [0.2, 0.25) is 0 Å². The number of nitrogens with zero attached hydrogens (tertiary/aromatic N) is 5. The molecule has 5 nitrogen and oxygen atoms in total. The van der Waals surface area contributed by atoms with E-state index < -0.39 is 0 Å².